The van der Waals surface area contributed by atoms with Gasteiger partial charge in [-0.15, -0.1) is 0 Å². The molecule has 0 bridgehead atoms. The number of anilines is 1. The predicted molar refractivity (Wildman–Crippen MR) is 125 cm³/mol. The molecule has 2 aromatic heterocycles. The van der Waals surface area contributed by atoms with Crippen molar-refractivity contribution in [2.45, 2.75) is 33.4 Å². The highest BCUT2D eigenvalue weighted by atomic mass is 35.5. The minimum Gasteiger partial charge on any atom is -0.455 e. The number of nitrogens with two attached hydrogens (primary N) is 1. The SMILES string of the molecule is Cc1cc(C(C)Nc2ccc(Cl)nc2C#N)c2oc(C(/C=N/C(F)F)=C/N)c(C)c(=O)c2c1. The Bertz CT molecular complexity index is 1380. The van der Waals surface area contributed by atoms with Gasteiger partial charge in [-0.25, -0.2) is 9.98 Å². The molecule has 170 valence electrons. The smallest absolute Gasteiger partial charge is 0.331 e. The van der Waals surface area contributed by atoms with Gasteiger partial charge in [0.1, 0.15) is 22.6 Å². The highest BCUT2D eigenvalue weighted by Crippen LogP contribution is 2.31. The molecule has 0 aliphatic rings. The molecule has 2 heterocycles. The Morgan fingerprint density at radius 1 is 1.36 bits per heavy atom. The summed E-state index contributed by atoms with van der Waals surface area (Å²) < 4.78 is 31.2. The largest absolute Gasteiger partial charge is 0.455 e. The fraction of sp³-hybridized carbons (Fsp3) is 0.217. The Balaban J connectivity index is 2.19. The van der Waals surface area contributed by atoms with Crippen LogP contribution in [0.15, 0.2) is 44.7 Å². The van der Waals surface area contributed by atoms with Gasteiger partial charge in [0.25, 0.3) is 0 Å². The van der Waals surface area contributed by atoms with E-state index in [9.17, 15) is 18.8 Å². The minimum absolute atomic E-state index is 0.0441. The molecule has 0 radical (unpaired) electrons. The third-order valence-corrected chi connectivity index (χ3v) is 5.18. The van der Waals surface area contributed by atoms with E-state index in [1.807, 2.05) is 26.0 Å². The van der Waals surface area contributed by atoms with Gasteiger partial charge in [0.05, 0.1) is 22.7 Å². The molecular formula is C23H20ClF2N5O2. The number of alkyl halides is 2. The van der Waals surface area contributed by atoms with Gasteiger partial charge < -0.3 is 15.5 Å². The lowest BCUT2D eigenvalue weighted by molar-refractivity contribution is 0.161. The summed E-state index contributed by atoms with van der Waals surface area (Å²) in [5, 5.41) is 13.1. The average molecular weight is 472 g/mol. The first-order valence-electron chi connectivity index (χ1n) is 9.81. The summed E-state index contributed by atoms with van der Waals surface area (Å²) in [7, 11) is 0. The van der Waals surface area contributed by atoms with Gasteiger partial charge in [0, 0.05) is 23.5 Å². The van der Waals surface area contributed by atoms with Crippen molar-refractivity contribution in [3.05, 3.63) is 74.0 Å². The maximum absolute atomic E-state index is 13.1. The second-order valence-electron chi connectivity index (χ2n) is 7.30. The molecule has 1 unspecified atom stereocenters. The number of pyridine rings is 1. The van der Waals surface area contributed by atoms with Crippen LogP contribution in [-0.4, -0.2) is 17.7 Å². The summed E-state index contributed by atoms with van der Waals surface area (Å²) >= 11 is 5.87. The molecule has 0 saturated carbocycles. The third-order valence-electron chi connectivity index (χ3n) is 4.97. The number of nitrogens with one attached hydrogen (secondary N) is 1. The van der Waals surface area contributed by atoms with E-state index < -0.39 is 12.6 Å². The van der Waals surface area contributed by atoms with E-state index in [1.165, 1.54) is 6.92 Å². The second-order valence-corrected chi connectivity index (χ2v) is 7.69. The fourth-order valence-electron chi connectivity index (χ4n) is 3.43. The summed E-state index contributed by atoms with van der Waals surface area (Å²) in [6, 6.07) is 8.26. The maximum atomic E-state index is 13.1. The number of aromatic nitrogens is 1. The van der Waals surface area contributed by atoms with Crippen LogP contribution in [0.25, 0.3) is 16.5 Å². The van der Waals surface area contributed by atoms with Gasteiger partial charge >= 0.3 is 6.55 Å². The van der Waals surface area contributed by atoms with E-state index in [2.05, 4.69) is 15.3 Å². The van der Waals surface area contributed by atoms with Crippen molar-refractivity contribution in [3.8, 4) is 6.07 Å². The summed E-state index contributed by atoms with van der Waals surface area (Å²) in [5.74, 6) is 0.0441. The van der Waals surface area contributed by atoms with Gasteiger partial charge in [-0.2, -0.15) is 14.0 Å². The van der Waals surface area contributed by atoms with Crippen LogP contribution in [0, 0.1) is 25.2 Å². The number of fused-ring (bicyclic) bond motifs is 1. The molecule has 0 amide bonds. The van der Waals surface area contributed by atoms with Crippen LogP contribution < -0.4 is 16.5 Å². The monoisotopic (exact) mass is 471 g/mol. The molecule has 1 aromatic carbocycles. The molecule has 3 aromatic rings. The van der Waals surface area contributed by atoms with Crippen molar-refractivity contribution >= 4 is 40.0 Å². The van der Waals surface area contributed by atoms with Crippen LogP contribution in [0.3, 0.4) is 0 Å². The summed E-state index contributed by atoms with van der Waals surface area (Å²) in [6.45, 7) is 2.25. The Morgan fingerprint density at radius 3 is 2.73 bits per heavy atom. The number of rotatable bonds is 6. The highest BCUT2D eigenvalue weighted by molar-refractivity contribution is 6.29. The van der Waals surface area contributed by atoms with Crippen LogP contribution in [0.4, 0.5) is 14.5 Å². The Morgan fingerprint density at radius 2 is 2.09 bits per heavy atom. The predicted octanol–water partition coefficient (Wildman–Crippen LogP) is 5.10. The number of nitrogens with zero attached hydrogens (tertiary/aromatic N) is 3. The lowest BCUT2D eigenvalue weighted by atomic mass is 9.99. The zero-order valence-corrected chi connectivity index (χ0v) is 18.7. The Kier molecular flexibility index (Phi) is 7.09. The lowest BCUT2D eigenvalue weighted by Crippen LogP contribution is -2.14. The van der Waals surface area contributed by atoms with Crippen molar-refractivity contribution in [2.75, 3.05) is 5.32 Å². The minimum atomic E-state index is -2.93. The van der Waals surface area contributed by atoms with Gasteiger partial charge in [0.15, 0.2) is 11.1 Å². The van der Waals surface area contributed by atoms with Crippen molar-refractivity contribution in [1.82, 2.24) is 4.98 Å². The molecule has 0 aliphatic carbocycles. The molecule has 33 heavy (non-hydrogen) atoms. The van der Waals surface area contributed by atoms with E-state index in [0.717, 1.165) is 18.0 Å². The third kappa shape index (κ3) is 5.02. The van der Waals surface area contributed by atoms with Crippen LogP contribution in [-0.2, 0) is 0 Å². The number of nitriles is 1. The van der Waals surface area contributed by atoms with Gasteiger partial charge in [-0.05, 0) is 44.5 Å². The van der Waals surface area contributed by atoms with E-state index in [-0.39, 0.29) is 38.8 Å². The molecule has 0 spiro atoms. The van der Waals surface area contributed by atoms with Gasteiger partial charge in [-0.3, -0.25) is 4.79 Å². The van der Waals surface area contributed by atoms with Crippen molar-refractivity contribution < 1.29 is 13.2 Å². The Hall–Kier alpha value is -3.77. The molecular weight excluding hydrogens is 452 g/mol. The molecule has 3 rings (SSSR count). The normalized spacial score (nSPS) is 13.0. The molecule has 1 atom stereocenters. The lowest BCUT2D eigenvalue weighted by Gasteiger charge is -2.19. The quantitative estimate of drug-likeness (QED) is 0.293. The van der Waals surface area contributed by atoms with E-state index in [0.29, 0.717) is 16.6 Å². The van der Waals surface area contributed by atoms with Crippen molar-refractivity contribution in [1.29, 1.82) is 5.26 Å². The topological polar surface area (TPSA) is 117 Å². The molecule has 0 aliphatic heterocycles. The number of hydrogen-bond acceptors (Lipinski definition) is 7. The summed E-state index contributed by atoms with van der Waals surface area (Å²) in [4.78, 5) is 20.2. The first-order chi connectivity index (χ1) is 15.7. The fourth-order valence-corrected chi connectivity index (χ4v) is 3.57. The van der Waals surface area contributed by atoms with E-state index >= 15 is 0 Å². The average Bonchev–Trinajstić information content (AvgIpc) is 2.78. The highest BCUT2D eigenvalue weighted by Gasteiger charge is 2.20. The number of benzene rings is 1. The number of aliphatic imine (C=N–C) groups is 1. The first-order valence-corrected chi connectivity index (χ1v) is 10.2. The van der Waals surface area contributed by atoms with Crippen molar-refractivity contribution in [3.63, 3.8) is 0 Å². The first kappa shape index (κ1) is 23.9. The summed E-state index contributed by atoms with van der Waals surface area (Å²) in [6.07, 6.45) is 1.92. The van der Waals surface area contributed by atoms with Crippen LogP contribution in [0.2, 0.25) is 5.15 Å². The maximum Gasteiger partial charge on any atom is 0.331 e. The standard InChI is InChI=1S/C23H20ClF2N5O2/c1-11-6-15(13(3)30-17-4-5-19(24)31-18(17)9-28)22-16(7-11)20(32)12(2)21(33-22)14(8-27)10-29-23(25)26/h4-8,10,13,23,30H,27H2,1-3H3/b14-8+,29-10+. The second kappa shape index (κ2) is 9.79. The summed E-state index contributed by atoms with van der Waals surface area (Å²) in [5.41, 5.74) is 7.79. The van der Waals surface area contributed by atoms with E-state index in [1.54, 1.807) is 18.2 Å². The number of hydrogen-bond donors (Lipinski definition) is 2. The zero-order chi connectivity index (χ0) is 24.3. The number of allylic oxidation sites excluding steroid dienone is 1. The molecule has 0 fully saturated rings. The number of aryl methyl sites for hydroxylation is 1. The van der Waals surface area contributed by atoms with Gasteiger partial charge in [0.2, 0.25) is 0 Å². The molecule has 3 N–H and O–H groups in total. The van der Waals surface area contributed by atoms with Crippen LogP contribution in [0.5, 0.6) is 0 Å². The zero-order valence-electron chi connectivity index (χ0n) is 18.0. The molecule has 7 nitrogen and oxygen atoms in total. The molecule has 10 heteroatoms. The van der Waals surface area contributed by atoms with Crippen molar-refractivity contribution in [2.24, 2.45) is 10.7 Å². The van der Waals surface area contributed by atoms with Crippen LogP contribution >= 0.6 is 11.6 Å². The van der Waals surface area contributed by atoms with Gasteiger partial charge in [-0.1, -0.05) is 17.7 Å². The van der Waals surface area contributed by atoms with E-state index in [4.69, 9.17) is 21.8 Å². The van der Waals surface area contributed by atoms with Crippen LogP contribution in [0.1, 0.15) is 41.1 Å². The molecule has 0 saturated heterocycles. The number of halogens is 3. The Labute approximate surface area is 193 Å².